The van der Waals surface area contributed by atoms with Crippen molar-refractivity contribution in [3.05, 3.63) is 58.6 Å². The highest BCUT2D eigenvalue weighted by Gasteiger charge is 2.32. The topological polar surface area (TPSA) is 58.2 Å². The molecule has 5 nitrogen and oxygen atoms in total. The summed E-state index contributed by atoms with van der Waals surface area (Å²) in [6.45, 7) is 1.07. The minimum Gasteiger partial charge on any atom is -0.405 e. The highest BCUT2D eigenvalue weighted by molar-refractivity contribution is 9.10. The van der Waals surface area contributed by atoms with Crippen molar-refractivity contribution < 1.29 is 17.9 Å². The third kappa shape index (κ3) is 6.54. The van der Waals surface area contributed by atoms with Crippen LogP contribution in [0.25, 0.3) is 10.9 Å². The van der Waals surface area contributed by atoms with Gasteiger partial charge < -0.3 is 20.7 Å². The summed E-state index contributed by atoms with van der Waals surface area (Å²) in [5.41, 5.74) is 2.48. The molecule has 4 rings (SSSR count). The van der Waals surface area contributed by atoms with Gasteiger partial charge in [0.15, 0.2) is 0 Å². The number of hydrogen-bond acceptors (Lipinski definition) is 5. The van der Waals surface area contributed by atoms with Crippen molar-refractivity contribution >= 4 is 38.3 Å². The van der Waals surface area contributed by atoms with Crippen LogP contribution in [0.4, 0.5) is 24.7 Å². The SMILES string of the molecule is CNc1cc(NC2CCC(CNCc3cc(Br)ccc3OC(F)(F)F)CC2)nc2ccccc12. The molecule has 9 heteroatoms. The predicted octanol–water partition coefficient (Wildman–Crippen LogP) is 6.70. The Morgan fingerprint density at radius 1 is 1.06 bits per heavy atom. The summed E-state index contributed by atoms with van der Waals surface area (Å²) in [4.78, 5) is 4.76. The minimum absolute atomic E-state index is 0.167. The number of halogens is 4. The van der Waals surface area contributed by atoms with Gasteiger partial charge in [-0.05, 0) is 62.4 Å². The van der Waals surface area contributed by atoms with E-state index in [1.165, 1.54) is 6.07 Å². The predicted molar refractivity (Wildman–Crippen MR) is 133 cm³/mol. The lowest BCUT2D eigenvalue weighted by Crippen LogP contribution is -2.31. The van der Waals surface area contributed by atoms with Gasteiger partial charge in [0.2, 0.25) is 0 Å². The van der Waals surface area contributed by atoms with Crippen LogP contribution in [-0.2, 0) is 6.54 Å². The van der Waals surface area contributed by atoms with Gasteiger partial charge in [0.1, 0.15) is 11.6 Å². The van der Waals surface area contributed by atoms with E-state index in [2.05, 4.69) is 48.7 Å². The molecule has 1 heterocycles. The molecule has 3 N–H and O–H groups in total. The fraction of sp³-hybridized carbons (Fsp3) is 0.400. The highest BCUT2D eigenvalue weighted by atomic mass is 79.9. The van der Waals surface area contributed by atoms with Crippen LogP contribution >= 0.6 is 15.9 Å². The Hall–Kier alpha value is -2.52. The second kappa shape index (κ2) is 10.8. The van der Waals surface area contributed by atoms with Crippen molar-refractivity contribution in [1.29, 1.82) is 0 Å². The summed E-state index contributed by atoms with van der Waals surface area (Å²) in [6, 6.07) is 15.0. The van der Waals surface area contributed by atoms with Crippen LogP contribution in [-0.4, -0.2) is 31.0 Å². The van der Waals surface area contributed by atoms with Crippen molar-refractivity contribution in [2.45, 2.75) is 44.6 Å². The first-order chi connectivity index (χ1) is 16.3. The summed E-state index contributed by atoms with van der Waals surface area (Å²) in [5.74, 6) is 1.19. The number of fused-ring (bicyclic) bond motifs is 1. The number of aromatic nitrogens is 1. The molecule has 0 unspecified atom stereocenters. The van der Waals surface area contributed by atoms with Gasteiger partial charge in [-0.3, -0.25) is 0 Å². The quantitative estimate of drug-likeness (QED) is 0.299. The molecule has 1 saturated carbocycles. The van der Waals surface area contributed by atoms with Crippen molar-refractivity contribution in [2.75, 3.05) is 24.2 Å². The van der Waals surface area contributed by atoms with Crippen LogP contribution in [0.1, 0.15) is 31.2 Å². The molecule has 1 aromatic heterocycles. The number of alkyl halides is 3. The van der Waals surface area contributed by atoms with Crippen molar-refractivity contribution in [2.24, 2.45) is 5.92 Å². The van der Waals surface area contributed by atoms with Crippen molar-refractivity contribution in [3.8, 4) is 5.75 Å². The number of rotatable bonds is 8. The smallest absolute Gasteiger partial charge is 0.405 e. The minimum atomic E-state index is -4.71. The first-order valence-corrected chi connectivity index (χ1v) is 12.2. The molecule has 3 aromatic rings. The molecule has 34 heavy (non-hydrogen) atoms. The lowest BCUT2D eigenvalue weighted by molar-refractivity contribution is -0.274. The second-order valence-corrected chi connectivity index (χ2v) is 9.53. The number of benzene rings is 2. The van der Waals surface area contributed by atoms with Gasteiger partial charge in [-0.1, -0.05) is 34.1 Å². The third-order valence-electron chi connectivity index (χ3n) is 6.18. The molecule has 0 amide bonds. The van der Waals surface area contributed by atoms with E-state index >= 15 is 0 Å². The largest absolute Gasteiger partial charge is 0.573 e. The number of para-hydroxylation sites is 1. The Bertz CT molecular complexity index is 1120. The zero-order chi connectivity index (χ0) is 24.1. The van der Waals surface area contributed by atoms with E-state index in [1.54, 1.807) is 12.1 Å². The molecule has 0 spiro atoms. The standard InChI is InChI=1S/C25H28BrF3N4O/c1-30-22-13-24(33-21-5-3-2-4-20(21)22)32-19-9-6-16(7-10-19)14-31-15-17-12-18(26)8-11-23(17)34-25(27,28)29/h2-5,8,11-13,16,19,31H,6-7,9-10,14-15H2,1H3,(H2,30,32,33). The molecule has 182 valence electrons. The highest BCUT2D eigenvalue weighted by Crippen LogP contribution is 2.31. The Balaban J connectivity index is 1.28. The Morgan fingerprint density at radius 3 is 2.56 bits per heavy atom. The molecular weight excluding hydrogens is 509 g/mol. The molecule has 1 aliphatic carbocycles. The molecule has 0 saturated heterocycles. The normalized spacial score (nSPS) is 18.6. The van der Waals surface area contributed by atoms with Gasteiger partial charge in [0.05, 0.1) is 5.52 Å². The third-order valence-corrected chi connectivity index (χ3v) is 6.67. The maximum absolute atomic E-state index is 12.7. The monoisotopic (exact) mass is 536 g/mol. The molecular formula is C25H28BrF3N4O. The molecule has 0 bridgehead atoms. The zero-order valence-corrected chi connectivity index (χ0v) is 20.5. The van der Waals surface area contributed by atoms with E-state index in [-0.39, 0.29) is 5.75 Å². The van der Waals surface area contributed by atoms with Crippen LogP contribution in [0, 0.1) is 5.92 Å². The Labute approximate surface area is 205 Å². The molecule has 2 aromatic carbocycles. The van der Waals surface area contributed by atoms with E-state index in [0.717, 1.165) is 54.6 Å². The molecule has 0 radical (unpaired) electrons. The number of hydrogen-bond donors (Lipinski definition) is 3. The van der Waals surface area contributed by atoms with Gasteiger partial charge in [-0.2, -0.15) is 0 Å². The molecule has 0 atom stereocenters. The summed E-state index contributed by atoms with van der Waals surface area (Å²) >= 11 is 3.32. The first-order valence-electron chi connectivity index (χ1n) is 11.4. The fourth-order valence-corrected chi connectivity index (χ4v) is 4.91. The van der Waals surface area contributed by atoms with Gasteiger partial charge >= 0.3 is 6.36 Å². The first kappa shape index (κ1) is 24.6. The van der Waals surface area contributed by atoms with E-state index in [4.69, 9.17) is 4.98 Å². The van der Waals surface area contributed by atoms with E-state index in [0.29, 0.717) is 28.5 Å². The average Bonchev–Trinajstić information content (AvgIpc) is 2.80. The number of nitrogens with zero attached hydrogens (tertiary/aromatic N) is 1. The van der Waals surface area contributed by atoms with Crippen LogP contribution in [0.3, 0.4) is 0 Å². The second-order valence-electron chi connectivity index (χ2n) is 8.61. The van der Waals surface area contributed by atoms with Gasteiger partial charge in [-0.25, -0.2) is 4.98 Å². The number of pyridine rings is 1. The molecule has 1 aliphatic rings. The Morgan fingerprint density at radius 2 is 1.82 bits per heavy atom. The average molecular weight is 537 g/mol. The Kier molecular flexibility index (Phi) is 7.83. The maximum atomic E-state index is 12.7. The van der Waals surface area contributed by atoms with Crippen molar-refractivity contribution in [1.82, 2.24) is 10.3 Å². The van der Waals surface area contributed by atoms with Crippen molar-refractivity contribution in [3.63, 3.8) is 0 Å². The van der Waals surface area contributed by atoms with Gasteiger partial charge in [0.25, 0.3) is 0 Å². The fourth-order valence-electron chi connectivity index (χ4n) is 4.50. The maximum Gasteiger partial charge on any atom is 0.573 e. The van der Waals surface area contributed by atoms with E-state index < -0.39 is 6.36 Å². The van der Waals surface area contributed by atoms with E-state index in [9.17, 15) is 13.2 Å². The van der Waals surface area contributed by atoms with Crippen LogP contribution in [0.5, 0.6) is 5.75 Å². The molecule has 1 fully saturated rings. The lowest BCUT2D eigenvalue weighted by atomic mass is 9.86. The number of ether oxygens (including phenoxy) is 1. The van der Waals surface area contributed by atoms with Crippen LogP contribution in [0.2, 0.25) is 0 Å². The lowest BCUT2D eigenvalue weighted by Gasteiger charge is -2.30. The van der Waals surface area contributed by atoms with E-state index in [1.807, 2.05) is 25.2 Å². The number of nitrogens with one attached hydrogen (secondary N) is 3. The van der Waals surface area contributed by atoms with Gasteiger partial charge in [-0.15, -0.1) is 13.2 Å². The van der Waals surface area contributed by atoms with Gasteiger partial charge in [0, 0.05) is 46.8 Å². The molecule has 0 aliphatic heterocycles. The van der Waals surface area contributed by atoms with Crippen LogP contribution in [0.15, 0.2) is 53.0 Å². The van der Waals surface area contributed by atoms with Crippen LogP contribution < -0.4 is 20.7 Å². The summed E-state index contributed by atoms with van der Waals surface area (Å²) in [7, 11) is 1.91. The zero-order valence-electron chi connectivity index (χ0n) is 18.9. The number of anilines is 2. The summed E-state index contributed by atoms with van der Waals surface area (Å²) in [6.07, 6.45) is -0.574. The summed E-state index contributed by atoms with van der Waals surface area (Å²) in [5, 5.41) is 11.2. The summed E-state index contributed by atoms with van der Waals surface area (Å²) < 4.78 is 42.9.